The number of aromatic nitrogens is 3. The summed E-state index contributed by atoms with van der Waals surface area (Å²) in [7, 11) is 0. The summed E-state index contributed by atoms with van der Waals surface area (Å²) < 4.78 is 7.55. The Labute approximate surface area is 339 Å². The Hall–Kier alpha value is -5.83. The van der Waals surface area contributed by atoms with E-state index in [1.165, 1.54) is 42.5 Å². The largest absolute Gasteiger partial charge is 0.483 e. The van der Waals surface area contributed by atoms with E-state index in [2.05, 4.69) is 76.9 Å². The number of rotatable bonds is 22. The Balaban J connectivity index is 0.888. The highest BCUT2D eigenvalue weighted by atomic mass is 16.5. The SMILES string of the molecule is CCCCCCNNc1cc(NCc2ccc(CCCCCCNC(=O)COc3cccc4c3C(=O)N(C3CCC(=O)NC3=O)C4=O)cc2)n2ncc(C(C)C)c2n1. The Kier molecular flexibility index (Phi) is 14.4. The van der Waals surface area contributed by atoms with Crippen LogP contribution in [0.5, 0.6) is 5.75 Å². The molecular weight excluding hydrogens is 739 g/mol. The van der Waals surface area contributed by atoms with Crippen molar-refractivity contribution in [2.24, 2.45) is 0 Å². The van der Waals surface area contributed by atoms with Crippen LogP contribution in [0.25, 0.3) is 5.65 Å². The smallest absolute Gasteiger partial charge is 0.266 e. The monoisotopic (exact) mass is 793 g/mol. The maximum Gasteiger partial charge on any atom is 0.266 e. The fourth-order valence-electron chi connectivity index (χ4n) is 7.22. The normalized spacial score (nSPS) is 15.2. The van der Waals surface area contributed by atoms with Crippen molar-refractivity contribution in [1.82, 2.24) is 35.6 Å². The van der Waals surface area contributed by atoms with Crippen molar-refractivity contribution in [2.75, 3.05) is 30.4 Å². The number of carbonyl (C=O) groups excluding carboxylic acids is 5. The summed E-state index contributed by atoms with van der Waals surface area (Å²) in [4.78, 5) is 68.5. The predicted octanol–water partition coefficient (Wildman–Crippen LogP) is 5.66. The molecule has 0 radical (unpaired) electrons. The molecule has 2 aliphatic rings. The molecule has 1 fully saturated rings. The van der Waals surface area contributed by atoms with Gasteiger partial charge in [-0.05, 0) is 61.3 Å². The number of hydrogen-bond donors (Lipinski definition) is 5. The first-order chi connectivity index (χ1) is 28.1. The number of hydrazine groups is 1. The minimum Gasteiger partial charge on any atom is -0.483 e. The molecule has 15 heteroatoms. The van der Waals surface area contributed by atoms with Gasteiger partial charge >= 0.3 is 0 Å². The minimum atomic E-state index is -1.08. The summed E-state index contributed by atoms with van der Waals surface area (Å²) in [5.74, 6) is -0.762. The van der Waals surface area contributed by atoms with E-state index in [-0.39, 0.29) is 42.2 Å². The van der Waals surface area contributed by atoms with E-state index in [4.69, 9.17) is 9.72 Å². The minimum absolute atomic E-state index is 0.0145. The number of anilines is 2. The summed E-state index contributed by atoms with van der Waals surface area (Å²) in [5, 5.41) is 13.2. The first-order valence-electron chi connectivity index (χ1n) is 20.6. The summed E-state index contributed by atoms with van der Waals surface area (Å²) in [5.41, 5.74) is 11.1. The van der Waals surface area contributed by atoms with Crippen LogP contribution in [-0.4, -0.2) is 74.8 Å². The molecule has 0 bridgehead atoms. The van der Waals surface area contributed by atoms with E-state index in [9.17, 15) is 24.0 Å². The Bertz CT molecular complexity index is 2100. The van der Waals surface area contributed by atoms with Crippen LogP contribution in [0.2, 0.25) is 0 Å². The van der Waals surface area contributed by atoms with E-state index in [0.29, 0.717) is 19.0 Å². The standard InChI is InChI=1S/C43H55N9O6/c1-4-5-6-11-23-46-50-35-24-36(52-40(48-35)32(26-47-52)28(2)3)45-25-30-18-16-29(17-19-30)13-9-7-8-10-22-44-38(54)27-58-34-15-12-14-31-39(34)43(57)51(42(31)56)33-20-21-37(53)49-41(33)55/h12,14-19,24,26,28,33,45-46H,4-11,13,20-23,25,27H2,1-3H3,(H,44,54)(H,48,50)(H,49,53,55). The van der Waals surface area contributed by atoms with Crippen molar-refractivity contribution in [3.05, 3.63) is 82.5 Å². The second kappa shape index (κ2) is 20.0. The van der Waals surface area contributed by atoms with Crippen molar-refractivity contribution < 1.29 is 28.7 Å². The lowest BCUT2D eigenvalue weighted by molar-refractivity contribution is -0.136. The zero-order valence-corrected chi connectivity index (χ0v) is 33.7. The summed E-state index contributed by atoms with van der Waals surface area (Å²) in [6.07, 6.45) is 11.6. The third-order valence-electron chi connectivity index (χ3n) is 10.5. The molecule has 0 saturated carbocycles. The number of piperidine rings is 1. The number of aryl methyl sites for hydroxylation is 1. The first kappa shape index (κ1) is 41.8. The van der Waals surface area contributed by atoms with Gasteiger partial charge in [-0.25, -0.2) is 10.4 Å². The molecule has 5 N–H and O–H groups in total. The summed E-state index contributed by atoms with van der Waals surface area (Å²) in [6.45, 7) is 8.20. The second-order valence-electron chi connectivity index (χ2n) is 15.2. The predicted molar refractivity (Wildman–Crippen MR) is 220 cm³/mol. The van der Waals surface area contributed by atoms with Crippen LogP contribution >= 0.6 is 0 Å². The zero-order valence-electron chi connectivity index (χ0n) is 33.7. The molecule has 2 aliphatic heterocycles. The number of nitrogens with one attached hydrogen (secondary N) is 5. The number of benzene rings is 2. The highest BCUT2D eigenvalue weighted by Crippen LogP contribution is 2.33. The molecule has 15 nitrogen and oxygen atoms in total. The Morgan fingerprint density at radius 1 is 0.931 bits per heavy atom. The van der Waals surface area contributed by atoms with Crippen molar-refractivity contribution in [3.8, 4) is 5.75 Å². The number of nitrogens with zero attached hydrogens (tertiary/aromatic N) is 4. The number of unbranched alkanes of at least 4 members (excludes halogenated alkanes) is 6. The lowest BCUT2D eigenvalue weighted by atomic mass is 10.0. The third-order valence-corrected chi connectivity index (χ3v) is 10.5. The zero-order chi connectivity index (χ0) is 41.0. The van der Waals surface area contributed by atoms with Crippen molar-refractivity contribution in [1.29, 1.82) is 0 Å². The van der Waals surface area contributed by atoms with Gasteiger partial charge in [-0.3, -0.25) is 34.2 Å². The van der Waals surface area contributed by atoms with Crippen molar-refractivity contribution in [3.63, 3.8) is 0 Å². The van der Waals surface area contributed by atoms with Gasteiger partial charge in [0.2, 0.25) is 11.8 Å². The van der Waals surface area contributed by atoms with Gasteiger partial charge in [-0.2, -0.15) is 9.61 Å². The van der Waals surface area contributed by atoms with E-state index >= 15 is 0 Å². The molecule has 308 valence electrons. The Morgan fingerprint density at radius 2 is 1.69 bits per heavy atom. The molecule has 2 aromatic carbocycles. The van der Waals surface area contributed by atoms with Crippen LogP contribution in [0, 0.1) is 0 Å². The van der Waals surface area contributed by atoms with Gasteiger partial charge in [0, 0.05) is 37.7 Å². The van der Waals surface area contributed by atoms with Gasteiger partial charge in [-0.15, -0.1) is 0 Å². The molecular formula is C43H55N9O6. The van der Waals surface area contributed by atoms with Gasteiger partial charge < -0.3 is 20.8 Å². The number of fused-ring (bicyclic) bond motifs is 2. The third kappa shape index (κ3) is 10.4. The first-order valence-corrected chi connectivity index (χ1v) is 20.6. The van der Waals surface area contributed by atoms with E-state index in [1.54, 1.807) is 6.07 Å². The van der Waals surface area contributed by atoms with Crippen molar-refractivity contribution in [2.45, 2.75) is 110 Å². The molecule has 4 aromatic rings. The molecule has 58 heavy (non-hydrogen) atoms. The fourth-order valence-corrected chi connectivity index (χ4v) is 7.22. The van der Waals surface area contributed by atoms with E-state index in [1.807, 2.05) is 16.8 Å². The molecule has 0 aliphatic carbocycles. The van der Waals surface area contributed by atoms with Crippen molar-refractivity contribution >= 4 is 46.8 Å². The number of ether oxygens (including phenoxy) is 1. The average molecular weight is 794 g/mol. The molecule has 4 heterocycles. The Morgan fingerprint density at radius 3 is 2.47 bits per heavy atom. The lowest BCUT2D eigenvalue weighted by Crippen LogP contribution is -2.54. The van der Waals surface area contributed by atoms with Crippen LogP contribution in [0.15, 0.2) is 54.7 Å². The van der Waals surface area contributed by atoms with Crippen LogP contribution < -0.4 is 31.5 Å². The quantitative estimate of drug-likeness (QED) is 0.0375. The second-order valence-corrected chi connectivity index (χ2v) is 15.2. The van der Waals surface area contributed by atoms with Crippen LogP contribution in [0.3, 0.4) is 0 Å². The summed E-state index contributed by atoms with van der Waals surface area (Å²) in [6, 6.07) is 14.1. The fraction of sp³-hybridized carbons (Fsp3) is 0.465. The number of carbonyl (C=O) groups is 5. The highest BCUT2D eigenvalue weighted by Gasteiger charge is 2.46. The average Bonchev–Trinajstić information content (AvgIpc) is 3.76. The molecule has 5 amide bonds. The number of hydrogen-bond acceptors (Lipinski definition) is 11. The van der Waals surface area contributed by atoms with Crippen LogP contribution in [0.1, 0.15) is 128 Å². The van der Waals surface area contributed by atoms with Gasteiger partial charge in [0.1, 0.15) is 23.4 Å². The van der Waals surface area contributed by atoms with Gasteiger partial charge in [0.25, 0.3) is 17.7 Å². The molecule has 0 spiro atoms. The number of amides is 5. The lowest BCUT2D eigenvalue weighted by Gasteiger charge is -2.27. The topological polar surface area (TPSA) is 188 Å². The maximum atomic E-state index is 13.2. The maximum absolute atomic E-state index is 13.2. The van der Waals surface area contributed by atoms with Gasteiger partial charge in [0.15, 0.2) is 12.3 Å². The van der Waals surface area contributed by atoms with Gasteiger partial charge in [0.05, 0.1) is 17.3 Å². The number of imide groups is 2. The van der Waals surface area contributed by atoms with E-state index < -0.39 is 29.7 Å². The van der Waals surface area contributed by atoms with Gasteiger partial charge in [-0.1, -0.05) is 83.2 Å². The molecule has 1 unspecified atom stereocenters. The molecule has 1 saturated heterocycles. The van der Waals surface area contributed by atoms with Crippen LogP contribution in [-0.2, 0) is 27.3 Å². The molecule has 1 atom stereocenters. The van der Waals surface area contributed by atoms with E-state index in [0.717, 1.165) is 72.8 Å². The highest BCUT2D eigenvalue weighted by molar-refractivity contribution is 6.24. The molecule has 6 rings (SSSR count). The summed E-state index contributed by atoms with van der Waals surface area (Å²) >= 11 is 0. The van der Waals surface area contributed by atoms with Crippen LogP contribution in [0.4, 0.5) is 11.6 Å². The molecule has 2 aromatic heterocycles.